The van der Waals surface area contributed by atoms with Crippen LogP contribution in [-0.4, -0.2) is 57.9 Å². The Morgan fingerprint density at radius 1 is 1.23 bits per heavy atom. The van der Waals surface area contributed by atoms with Crippen molar-refractivity contribution >= 4 is 17.6 Å². The highest BCUT2D eigenvalue weighted by Gasteiger charge is 2.55. The van der Waals surface area contributed by atoms with Crippen LogP contribution in [0.3, 0.4) is 0 Å². The maximum atomic E-state index is 13.2. The summed E-state index contributed by atoms with van der Waals surface area (Å²) in [6, 6.07) is 7.48. The SMILES string of the molecule is CCc1c(-c2ccc(N3CC4CCCNC4(C(=O)OC(C)(C)C)C3)cc2)[nH]c(=O)c(C(=O)O)c1O. The molecule has 2 aromatic rings. The van der Waals surface area contributed by atoms with Crippen LogP contribution in [0.5, 0.6) is 5.75 Å². The number of aromatic nitrogens is 1. The maximum Gasteiger partial charge on any atom is 0.345 e. The van der Waals surface area contributed by atoms with E-state index in [0.717, 1.165) is 31.6 Å². The fourth-order valence-corrected chi connectivity index (χ4v) is 5.24. The topological polar surface area (TPSA) is 132 Å². The number of aromatic hydroxyl groups is 1. The van der Waals surface area contributed by atoms with Crippen LogP contribution in [0.25, 0.3) is 11.3 Å². The van der Waals surface area contributed by atoms with Crippen LogP contribution in [0.15, 0.2) is 29.1 Å². The summed E-state index contributed by atoms with van der Waals surface area (Å²) in [6.07, 6.45) is 2.29. The molecule has 188 valence electrons. The number of nitrogens with one attached hydrogen (secondary N) is 2. The van der Waals surface area contributed by atoms with E-state index < -0.39 is 34.0 Å². The lowest BCUT2D eigenvalue weighted by Crippen LogP contribution is -2.62. The predicted octanol–water partition coefficient (Wildman–Crippen LogP) is 2.91. The number of nitrogens with zero attached hydrogens (tertiary/aromatic N) is 1. The van der Waals surface area contributed by atoms with Gasteiger partial charge in [0.15, 0.2) is 5.56 Å². The molecule has 0 spiro atoms. The summed E-state index contributed by atoms with van der Waals surface area (Å²) >= 11 is 0. The van der Waals surface area contributed by atoms with E-state index in [0.29, 0.717) is 29.8 Å². The number of aromatic amines is 1. The third-order valence-electron chi connectivity index (χ3n) is 6.89. The molecule has 1 aromatic carbocycles. The Morgan fingerprint density at radius 3 is 2.51 bits per heavy atom. The minimum atomic E-state index is -1.47. The number of carboxylic acid groups (broad SMARTS) is 1. The third-order valence-corrected chi connectivity index (χ3v) is 6.89. The number of carbonyl (C=O) groups excluding carboxylic acids is 1. The van der Waals surface area contributed by atoms with E-state index in [1.54, 1.807) is 6.92 Å². The summed E-state index contributed by atoms with van der Waals surface area (Å²) < 4.78 is 5.79. The molecule has 9 heteroatoms. The molecule has 4 rings (SSSR count). The summed E-state index contributed by atoms with van der Waals surface area (Å²) in [5.74, 6) is -2.05. The van der Waals surface area contributed by atoms with Gasteiger partial charge in [-0.3, -0.25) is 4.79 Å². The van der Waals surface area contributed by atoms with Crippen molar-refractivity contribution in [2.75, 3.05) is 24.5 Å². The van der Waals surface area contributed by atoms with E-state index in [-0.39, 0.29) is 11.9 Å². The Bertz CT molecular complexity index is 1200. The largest absolute Gasteiger partial charge is 0.506 e. The van der Waals surface area contributed by atoms with Crippen molar-refractivity contribution in [1.82, 2.24) is 10.3 Å². The molecule has 0 radical (unpaired) electrons. The van der Waals surface area contributed by atoms with Crippen molar-refractivity contribution < 1.29 is 24.5 Å². The highest BCUT2D eigenvalue weighted by molar-refractivity contribution is 5.92. The van der Waals surface area contributed by atoms with E-state index in [9.17, 15) is 24.6 Å². The number of ether oxygens (including phenoxy) is 1. The number of anilines is 1. The molecule has 0 bridgehead atoms. The van der Waals surface area contributed by atoms with E-state index in [4.69, 9.17) is 4.74 Å². The molecule has 0 aliphatic carbocycles. The van der Waals surface area contributed by atoms with Gasteiger partial charge in [0.05, 0.1) is 5.69 Å². The minimum Gasteiger partial charge on any atom is -0.506 e. The molecule has 0 saturated carbocycles. The lowest BCUT2D eigenvalue weighted by Gasteiger charge is -2.39. The number of hydrogen-bond acceptors (Lipinski definition) is 7. The van der Waals surface area contributed by atoms with Crippen molar-refractivity contribution in [3.05, 3.63) is 45.7 Å². The minimum absolute atomic E-state index is 0.134. The Hall–Kier alpha value is -3.33. The number of aromatic carboxylic acids is 1. The van der Waals surface area contributed by atoms with E-state index >= 15 is 0 Å². The molecule has 2 atom stereocenters. The third kappa shape index (κ3) is 4.52. The van der Waals surface area contributed by atoms with E-state index in [1.165, 1.54) is 0 Å². The van der Waals surface area contributed by atoms with Crippen molar-refractivity contribution in [2.45, 2.75) is 58.1 Å². The number of pyridine rings is 1. The smallest absolute Gasteiger partial charge is 0.345 e. The molecule has 3 heterocycles. The molecule has 2 aliphatic heterocycles. The molecular formula is C26H33N3O6. The molecule has 35 heavy (non-hydrogen) atoms. The van der Waals surface area contributed by atoms with Gasteiger partial charge in [0, 0.05) is 30.3 Å². The predicted molar refractivity (Wildman–Crippen MR) is 132 cm³/mol. The van der Waals surface area contributed by atoms with Crippen LogP contribution >= 0.6 is 0 Å². The zero-order valence-corrected chi connectivity index (χ0v) is 20.6. The number of rotatable bonds is 5. The van der Waals surface area contributed by atoms with Crippen LogP contribution in [0.4, 0.5) is 5.69 Å². The lowest BCUT2D eigenvalue weighted by molar-refractivity contribution is -0.165. The number of H-pyrrole nitrogens is 1. The standard InChI is InChI=1S/C26H33N3O6/c1-5-18-20(28-22(31)19(21(18)30)23(32)33)15-8-10-17(11-9-15)29-13-16-7-6-12-27-26(16,14-29)24(34)35-25(2,3)4/h8-11,16,27H,5-7,12-14H2,1-4H3,(H,32,33)(H2,28,30,31). The first-order valence-electron chi connectivity index (χ1n) is 12.0. The molecule has 0 amide bonds. The summed E-state index contributed by atoms with van der Waals surface area (Å²) in [7, 11) is 0. The summed E-state index contributed by atoms with van der Waals surface area (Å²) in [5.41, 5.74) is -0.458. The Morgan fingerprint density at radius 2 is 1.91 bits per heavy atom. The average molecular weight is 484 g/mol. The molecule has 2 saturated heterocycles. The highest BCUT2D eigenvalue weighted by atomic mass is 16.6. The van der Waals surface area contributed by atoms with Gasteiger partial charge in [0.1, 0.15) is 16.9 Å². The summed E-state index contributed by atoms with van der Waals surface area (Å²) in [5, 5.41) is 23.2. The normalized spacial score (nSPS) is 22.1. The molecule has 9 nitrogen and oxygen atoms in total. The molecule has 2 unspecified atom stereocenters. The second-order valence-electron chi connectivity index (χ2n) is 10.4. The fraction of sp³-hybridized carbons (Fsp3) is 0.500. The van der Waals surface area contributed by atoms with E-state index in [1.807, 2.05) is 45.0 Å². The number of piperidine rings is 1. The second kappa shape index (κ2) is 9.03. The van der Waals surface area contributed by atoms with Gasteiger partial charge < -0.3 is 30.2 Å². The molecular weight excluding hydrogens is 450 g/mol. The van der Waals surface area contributed by atoms with Gasteiger partial charge in [-0.2, -0.15) is 0 Å². The van der Waals surface area contributed by atoms with E-state index in [2.05, 4.69) is 15.2 Å². The van der Waals surface area contributed by atoms with Crippen molar-refractivity contribution in [2.24, 2.45) is 5.92 Å². The van der Waals surface area contributed by atoms with Gasteiger partial charge >= 0.3 is 11.9 Å². The summed E-state index contributed by atoms with van der Waals surface area (Å²) in [4.78, 5) is 41.7. The van der Waals surface area contributed by atoms with Crippen molar-refractivity contribution in [3.8, 4) is 17.0 Å². The summed E-state index contributed by atoms with van der Waals surface area (Å²) in [6.45, 7) is 9.40. The number of hydrogen-bond donors (Lipinski definition) is 4. The molecule has 2 aliphatic rings. The number of esters is 1. The van der Waals surface area contributed by atoms with Gasteiger partial charge in [-0.25, -0.2) is 9.59 Å². The molecule has 4 N–H and O–H groups in total. The highest BCUT2D eigenvalue weighted by Crippen LogP contribution is 2.39. The number of carbonyl (C=O) groups is 2. The average Bonchev–Trinajstić information content (AvgIpc) is 3.19. The van der Waals surface area contributed by atoms with Gasteiger partial charge in [0.25, 0.3) is 5.56 Å². The van der Waals surface area contributed by atoms with Crippen molar-refractivity contribution in [1.29, 1.82) is 0 Å². The first-order valence-corrected chi connectivity index (χ1v) is 12.0. The second-order valence-corrected chi connectivity index (χ2v) is 10.4. The van der Waals surface area contributed by atoms with Crippen LogP contribution < -0.4 is 15.8 Å². The lowest BCUT2D eigenvalue weighted by atomic mass is 9.80. The number of carboxylic acids is 1. The first-order chi connectivity index (χ1) is 16.5. The van der Waals surface area contributed by atoms with Gasteiger partial charge in [-0.15, -0.1) is 0 Å². The van der Waals surface area contributed by atoms with Crippen LogP contribution in [0, 0.1) is 5.92 Å². The van der Waals surface area contributed by atoms with Gasteiger partial charge in [-0.1, -0.05) is 19.1 Å². The Labute approximate surface area is 204 Å². The van der Waals surface area contributed by atoms with Gasteiger partial charge in [0.2, 0.25) is 0 Å². The fourth-order valence-electron chi connectivity index (χ4n) is 5.24. The quantitative estimate of drug-likeness (QED) is 0.478. The molecule has 2 fully saturated rings. The van der Waals surface area contributed by atoms with Crippen molar-refractivity contribution in [3.63, 3.8) is 0 Å². The maximum absolute atomic E-state index is 13.2. The Balaban J connectivity index is 1.63. The van der Waals surface area contributed by atoms with Crippen LogP contribution in [0.1, 0.15) is 56.5 Å². The van der Waals surface area contributed by atoms with Crippen LogP contribution in [0.2, 0.25) is 0 Å². The first kappa shape index (κ1) is 24.8. The van der Waals surface area contributed by atoms with Crippen LogP contribution in [-0.2, 0) is 16.0 Å². The monoisotopic (exact) mass is 483 g/mol. The molecule has 1 aromatic heterocycles. The number of benzene rings is 1. The van der Waals surface area contributed by atoms with Gasteiger partial charge in [-0.05, 0) is 64.3 Å². The zero-order valence-electron chi connectivity index (χ0n) is 20.6. The zero-order chi connectivity index (χ0) is 25.5. The number of fused-ring (bicyclic) bond motifs is 1. The Kier molecular flexibility index (Phi) is 6.40.